The van der Waals surface area contributed by atoms with Gasteiger partial charge in [-0.25, -0.2) is 0 Å². The van der Waals surface area contributed by atoms with Gasteiger partial charge < -0.3 is 20.0 Å². The summed E-state index contributed by atoms with van der Waals surface area (Å²) >= 11 is 0. The third kappa shape index (κ3) is 6.07. The maximum atomic E-state index is 12.7. The zero-order valence-electron chi connectivity index (χ0n) is 18.5. The van der Waals surface area contributed by atoms with Crippen LogP contribution >= 0.6 is 0 Å². The molecule has 1 N–H and O–H groups in total. The van der Waals surface area contributed by atoms with Gasteiger partial charge in [-0.1, -0.05) is 30.3 Å². The standard InChI is InChI=1S/C22H31N7O2/c1-4-23-22(24-11-10-20(30)26(2)15-18-8-6-5-7-9-18)28-12-13-29(21(31)17-28)19-14-25-27(3)16-19/h5-9,14,16H,4,10-13,15,17H2,1-3H3,(H,23,24). The summed E-state index contributed by atoms with van der Waals surface area (Å²) in [5.41, 5.74) is 1.90. The first-order chi connectivity index (χ1) is 15.0. The van der Waals surface area contributed by atoms with E-state index in [0.29, 0.717) is 45.1 Å². The lowest BCUT2D eigenvalue weighted by Crippen LogP contribution is -2.55. The molecule has 1 saturated heterocycles. The fraction of sp³-hybridized carbons (Fsp3) is 0.455. The van der Waals surface area contributed by atoms with Crippen molar-refractivity contribution in [2.45, 2.75) is 19.9 Å². The number of aromatic nitrogens is 2. The summed E-state index contributed by atoms with van der Waals surface area (Å²) in [4.78, 5) is 35.1. The molecule has 0 unspecified atom stereocenters. The van der Waals surface area contributed by atoms with Crippen LogP contribution in [0.4, 0.5) is 5.69 Å². The highest BCUT2D eigenvalue weighted by Crippen LogP contribution is 2.16. The molecule has 2 heterocycles. The van der Waals surface area contributed by atoms with Gasteiger partial charge in [0.1, 0.15) is 6.54 Å². The lowest BCUT2D eigenvalue weighted by Gasteiger charge is -2.35. The Morgan fingerprint density at radius 2 is 2.03 bits per heavy atom. The summed E-state index contributed by atoms with van der Waals surface area (Å²) in [5, 5.41) is 7.38. The Morgan fingerprint density at radius 1 is 1.26 bits per heavy atom. The lowest BCUT2D eigenvalue weighted by molar-refractivity contribution is -0.130. The highest BCUT2D eigenvalue weighted by Gasteiger charge is 2.27. The number of hydrogen-bond acceptors (Lipinski definition) is 4. The molecule has 1 aliphatic heterocycles. The van der Waals surface area contributed by atoms with Gasteiger partial charge in [-0.15, -0.1) is 0 Å². The molecule has 0 radical (unpaired) electrons. The second-order valence-electron chi connectivity index (χ2n) is 7.56. The molecule has 2 aromatic rings. The van der Waals surface area contributed by atoms with Crippen LogP contribution in [0, 0.1) is 0 Å². The number of benzene rings is 1. The summed E-state index contributed by atoms with van der Waals surface area (Å²) in [7, 11) is 3.64. The van der Waals surface area contributed by atoms with Gasteiger partial charge in [0.2, 0.25) is 11.8 Å². The molecule has 166 valence electrons. The predicted molar refractivity (Wildman–Crippen MR) is 121 cm³/mol. The van der Waals surface area contributed by atoms with Crippen LogP contribution < -0.4 is 10.2 Å². The predicted octanol–water partition coefficient (Wildman–Crippen LogP) is 1.08. The van der Waals surface area contributed by atoms with Gasteiger partial charge in [0, 0.05) is 52.9 Å². The smallest absolute Gasteiger partial charge is 0.246 e. The topological polar surface area (TPSA) is 86.1 Å². The number of aryl methyl sites for hydroxylation is 1. The highest BCUT2D eigenvalue weighted by molar-refractivity contribution is 5.98. The molecular weight excluding hydrogens is 394 g/mol. The monoisotopic (exact) mass is 425 g/mol. The summed E-state index contributed by atoms with van der Waals surface area (Å²) < 4.78 is 1.69. The maximum Gasteiger partial charge on any atom is 0.246 e. The molecule has 1 fully saturated rings. The van der Waals surface area contributed by atoms with E-state index in [1.165, 1.54) is 0 Å². The fourth-order valence-electron chi connectivity index (χ4n) is 3.49. The number of carbonyl (C=O) groups is 2. The van der Waals surface area contributed by atoms with E-state index in [4.69, 9.17) is 0 Å². The number of guanidine groups is 1. The van der Waals surface area contributed by atoms with Crippen LogP contribution in [-0.2, 0) is 23.2 Å². The molecule has 1 aromatic heterocycles. The first kappa shape index (κ1) is 22.3. The number of amides is 2. The van der Waals surface area contributed by atoms with Crippen molar-refractivity contribution in [1.29, 1.82) is 0 Å². The van der Waals surface area contributed by atoms with E-state index in [-0.39, 0.29) is 18.4 Å². The minimum absolute atomic E-state index is 0.00326. The van der Waals surface area contributed by atoms with Crippen LogP contribution in [0.2, 0.25) is 0 Å². The lowest BCUT2D eigenvalue weighted by atomic mass is 10.2. The number of anilines is 1. The van der Waals surface area contributed by atoms with Gasteiger partial charge in [0.05, 0.1) is 18.4 Å². The van der Waals surface area contributed by atoms with Crippen molar-refractivity contribution >= 4 is 23.5 Å². The molecule has 0 saturated carbocycles. The summed E-state index contributed by atoms with van der Waals surface area (Å²) in [6.45, 7) is 5.09. The molecule has 0 spiro atoms. The quantitative estimate of drug-likeness (QED) is 0.530. The van der Waals surface area contributed by atoms with E-state index < -0.39 is 0 Å². The molecule has 1 aromatic carbocycles. The van der Waals surface area contributed by atoms with Gasteiger partial charge in [-0.3, -0.25) is 19.3 Å². The average Bonchev–Trinajstić information content (AvgIpc) is 3.19. The highest BCUT2D eigenvalue weighted by atomic mass is 16.2. The van der Waals surface area contributed by atoms with E-state index >= 15 is 0 Å². The first-order valence-electron chi connectivity index (χ1n) is 10.6. The number of carbonyl (C=O) groups excluding carboxylic acids is 2. The molecule has 3 rings (SSSR count). The van der Waals surface area contributed by atoms with Crippen LogP contribution in [0.5, 0.6) is 0 Å². The number of nitrogens with one attached hydrogen (secondary N) is 1. The Bertz CT molecular complexity index is 910. The minimum atomic E-state index is 0.00326. The first-order valence-corrected chi connectivity index (χ1v) is 10.6. The van der Waals surface area contributed by atoms with Crippen LogP contribution in [0.3, 0.4) is 0 Å². The van der Waals surface area contributed by atoms with E-state index in [1.807, 2.05) is 55.4 Å². The van der Waals surface area contributed by atoms with Crippen molar-refractivity contribution in [3.63, 3.8) is 0 Å². The molecule has 9 heteroatoms. The summed E-state index contributed by atoms with van der Waals surface area (Å²) in [6.07, 6.45) is 3.86. The van der Waals surface area contributed by atoms with E-state index in [0.717, 1.165) is 11.3 Å². The fourth-order valence-corrected chi connectivity index (χ4v) is 3.49. The average molecular weight is 426 g/mol. The van der Waals surface area contributed by atoms with Crippen molar-refractivity contribution in [3.05, 3.63) is 48.3 Å². The van der Waals surface area contributed by atoms with Crippen molar-refractivity contribution in [3.8, 4) is 0 Å². The summed E-state index contributed by atoms with van der Waals surface area (Å²) in [6, 6.07) is 9.91. The zero-order chi connectivity index (χ0) is 22.2. The Hall–Kier alpha value is -3.36. The number of aliphatic imine (C=N–C) groups is 1. The molecule has 9 nitrogen and oxygen atoms in total. The SMILES string of the molecule is CCNC(=NCCC(=O)N(C)Cc1ccccc1)N1CCN(c2cnn(C)c2)C(=O)C1. The van der Waals surface area contributed by atoms with Gasteiger partial charge in [-0.05, 0) is 12.5 Å². The minimum Gasteiger partial charge on any atom is -0.357 e. The number of rotatable bonds is 7. The normalized spacial score (nSPS) is 14.7. The van der Waals surface area contributed by atoms with Crippen LogP contribution in [-0.4, -0.2) is 77.1 Å². The van der Waals surface area contributed by atoms with Gasteiger partial charge in [0.15, 0.2) is 5.96 Å². The van der Waals surface area contributed by atoms with Crippen molar-refractivity contribution in [2.24, 2.45) is 12.0 Å². The molecular formula is C22H31N7O2. The number of nitrogens with zero attached hydrogens (tertiary/aromatic N) is 6. The molecule has 31 heavy (non-hydrogen) atoms. The van der Waals surface area contributed by atoms with Crippen molar-refractivity contribution < 1.29 is 9.59 Å². The zero-order valence-corrected chi connectivity index (χ0v) is 18.5. The Morgan fingerprint density at radius 3 is 2.68 bits per heavy atom. The van der Waals surface area contributed by atoms with E-state index in [1.54, 1.807) is 27.7 Å². The Labute approximate surface area is 183 Å². The van der Waals surface area contributed by atoms with Crippen molar-refractivity contribution in [1.82, 2.24) is 24.9 Å². The van der Waals surface area contributed by atoms with Crippen LogP contribution in [0.15, 0.2) is 47.7 Å². The number of piperazine rings is 1. The van der Waals surface area contributed by atoms with Crippen LogP contribution in [0.25, 0.3) is 0 Å². The Kier molecular flexibility index (Phi) is 7.64. The second kappa shape index (κ2) is 10.6. The Balaban J connectivity index is 1.54. The largest absolute Gasteiger partial charge is 0.357 e. The molecule has 0 atom stereocenters. The second-order valence-corrected chi connectivity index (χ2v) is 7.56. The molecule has 0 aliphatic carbocycles. The third-order valence-electron chi connectivity index (χ3n) is 5.13. The summed E-state index contributed by atoms with van der Waals surface area (Å²) in [5.74, 6) is 0.713. The molecule has 1 aliphatic rings. The van der Waals surface area contributed by atoms with Gasteiger partial charge >= 0.3 is 0 Å². The van der Waals surface area contributed by atoms with Gasteiger partial charge in [0.25, 0.3) is 0 Å². The molecule has 2 amide bonds. The van der Waals surface area contributed by atoms with Crippen molar-refractivity contribution in [2.75, 3.05) is 44.7 Å². The van der Waals surface area contributed by atoms with Gasteiger partial charge in [-0.2, -0.15) is 5.10 Å². The third-order valence-corrected chi connectivity index (χ3v) is 5.13. The maximum absolute atomic E-state index is 12.7. The van der Waals surface area contributed by atoms with E-state index in [2.05, 4.69) is 15.4 Å². The number of hydrogen-bond donors (Lipinski definition) is 1. The van der Waals surface area contributed by atoms with Crippen LogP contribution in [0.1, 0.15) is 18.9 Å². The molecule has 0 bridgehead atoms. The van der Waals surface area contributed by atoms with E-state index in [9.17, 15) is 9.59 Å².